The highest BCUT2D eigenvalue weighted by Crippen LogP contribution is 2.31. The molecule has 0 aliphatic rings. The van der Waals surface area contributed by atoms with Crippen molar-refractivity contribution >= 4 is 29.3 Å². The third-order valence-corrected chi connectivity index (χ3v) is 3.83. The first kappa shape index (κ1) is 14.4. The summed E-state index contributed by atoms with van der Waals surface area (Å²) >= 11 is 7.88. The smallest absolute Gasteiger partial charge is 0.306 e. The molecule has 0 radical (unpaired) electrons. The number of aliphatic carboxylic acids is 1. The number of hydrogen-bond acceptors (Lipinski definition) is 2. The highest BCUT2D eigenvalue weighted by molar-refractivity contribution is 8.00. The number of benzene rings is 1. The Balaban J connectivity index is 2.78. The van der Waals surface area contributed by atoms with Gasteiger partial charge in [0.25, 0.3) is 0 Å². The molecule has 94 valence electrons. The first-order valence-electron chi connectivity index (χ1n) is 5.58. The molecule has 4 heteroatoms. The lowest BCUT2D eigenvalue weighted by atomic mass is 10.0. The highest BCUT2D eigenvalue weighted by Gasteiger charge is 2.12. The molecule has 1 aromatic carbocycles. The minimum atomic E-state index is -0.776. The average Bonchev–Trinajstić information content (AvgIpc) is 2.21. The molecule has 0 saturated heterocycles. The minimum Gasteiger partial charge on any atom is -0.481 e. The number of thioether (sulfide) groups is 1. The second-order valence-electron chi connectivity index (χ2n) is 4.37. The molecule has 17 heavy (non-hydrogen) atoms. The molecule has 0 aliphatic heterocycles. The van der Waals surface area contributed by atoms with Crippen molar-refractivity contribution in [1.29, 1.82) is 0 Å². The van der Waals surface area contributed by atoms with Crippen LogP contribution in [0, 0.1) is 5.92 Å². The van der Waals surface area contributed by atoms with Gasteiger partial charge in [0.15, 0.2) is 0 Å². The number of hydrogen-bond donors (Lipinski definition) is 1. The number of rotatable bonds is 5. The molecule has 1 atom stereocenters. The van der Waals surface area contributed by atoms with E-state index in [2.05, 4.69) is 13.8 Å². The van der Waals surface area contributed by atoms with Gasteiger partial charge >= 0.3 is 5.97 Å². The zero-order chi connectivity index (χ0) is 13.0. The van der Waals surface area contributed by atoms with Crippen molar-refractivity contribution in [2.45, 2.75) is 37.3 Å². The fraction of sp³-hybridized carbons (Fsp3) is 0.462. The van der Waals surface area contributed by atoms with Gasteiger partial charge in [0.05, 0.1) is 10.9 Å². The van der Waals surface area contributed by atoms with E-state index in [0.29, 0.717) is 16.7 Å². The normalized spacial score (nSPS) is 12.8. The summed E-state index contributed by atoms with van der Waals surface area (Å²) in [7, 11) is 0. The molecule has 0 aromatic heterocycles. The maximum Gasteiger partial charge on any atom is 0.306 e. The molecule has 1 unspecified atom stereocenters. The average molecular weight is 273 g/mol. The van der Waals surface area contributed by atoms with Gasteiger partial charge in [-0.2, -0.15) is 0 Å². The molecule has 1 rings (SSSR count). The van der Waals surface area contributed by atoms with Crippen LogP contribution in [0.1, 0.15) is 26.3 Å². The highest BCUT2D eigenvalue weighted by atomic mass is 35.5. The largest absolute Gasteiger partial charge is 0.481 e. The standard InChI is InChI=1S/C13H17ClO2S/c1-8(2)17-12-5-4-10(7-11(12)14)6-9(3)13(15)16/h4-5,7-9H,6H2,1-3H3,(H,15,16). The molecule has 0 bridgehead atoms. The summed E-state index contributed by atoms with van der Waals surface area (Å²) in [5.41, 5.74) is 0.970. The van der Waals surface area contributed by atoms with E-state index in [1.165, 1.54) is 0 Å². The molecule has 0 heterocycles. The molecule has 1 aromatic rings. The van der Waals surface area contributed by atoms with Crippen LogP contribution < -0.4 is 0 Å². The predicted octanol–water partition coefficient (Wildman–Crippen LogP) is 4.10. The van der Waals surface area contributed by atoms with Gasteiger partial charge in [0, 0.05) is 10.1 Å². The van der Waals surface area contributed by atoms with E-state index in [4.69, 9.17) is 16.7 Å². The van der Waals surface area contributed by atoms with Crippen molar-refractivity contribution in [3.05, 3.63) is 28.8 Å². The zero-order valence-corrected chi connectivity index (χ0v) is 11.8. The Morgan fingerprint density at radius 3 is 2.53 bits per heavy atom. The lowest BCUT2D eigenvalue weighted by Gasteiger charge is -2.10. The van der Waals surface area contributed by atoms with E-state index >= 15 is 0 Å². The summed E-state index contributed by atoms with van der Waals surface area (Å²) in [6.07, 6.45) is 0.516. The van der Waals surface area contributed by atoms with Crippen LogP contribution in [-0.2, 0) is 11.2 Å². The van der Waals surface area contributed by atoms with Crippen LogP contribution in [0.4, 0.5) is 0 Å². The fourth-order valence-electron chi connectivity index (χ4n) is 1.46. The van der Waals surface area contributed by atoms with Crippen LogP contribution in [0.3, 0.4) is 0 Å². The predicted molar refractivity (Wildman–Crippen MR) is 72.9 cm³/mol. The second kappa shape index (κ2) is 6.31. The fourth-order valence-corrected chi connectivity index (χ4v) is 2.62. The van der Waals surface area contributed by atoms with E-state index in [9.17, 15) is 4.79 Å². The molecule has 1 N–H and O–H groups in total. The lowest BCUT2D eigenvalue weighted by molar-refractivity contribution is -0.141. The molecule has 2 nitrogen and oxygen atoms in total. The van der Waals surface area contributed by atoms with Crippen LogP contribution in [-0.4, -0.2) is 16.3 Å². The Morgan fingerprint density at radius 1 is 1.41 bits per heavy atom. The summed E-state index contributed by atoms with van der Waals surface area (Å²) in [5.74, 6) is -1.16. The van der Waals surface area contributed by atoms with Gasteiger partial charge in [-0.15, -0.1) is 11.8 Å². The zero-order valence-electron chi connectivity index (χ0n) is 10.2. The Morgan fingerprint density at radius 2 is 2.06 bits per heavy atom. The molecular weight excluding hydrogens is 256 g/mol. The van der Waals surface area contributed by atoms with Crippen molar-refractivity contribution in [2.75, 3.05) is 0 Å². The van der Waals surface area contributed by atoms with Crippen LogP contribution >= 0.6 is 23.4 Å². The summed E-state index contributed by atoms with van der Waals surface area (Å²) < 4.78 is 0. The van der Waals surface area contributed by atoms with Crippen LogP contribution in [0.5, 0.6) is 0 Å². The Bertz CT molecular complexity index is 404. The van der Waals surface area contributed by atoms with E-state index in [1.54, 1.807) is 18.7 Å². The Hall–Kier alpha value is -0.670. The summed E-state index contributed by atoms with van der Waals surface area (Å²) in [6.45, 7) is 5.93. The second-order valence-corrected chi connectivity index (χ2v) is 6.40. The van der Waals surface area contributed by atoms with Gasteiger partial charge in [-0.25, -0.2) is 0 Å². The van der Waals surface area contributed by atoms with E-state index < -0.39 is 5.97 Å². The van der Waals surface area contributed by atoms with Gasteiger partial charge in [0.2, 0.25) is 0 Å². The van der Waals surface area contributed by atoms with E-state index in [1.807, 2.05) is 18.2 Å². The van der Waals surface area contributed by atoms with Crippen LogP contribution in [0.15, 0.2) is 23.1 Å². The molecule has 0 saturated carbocycles. The first-order valence-corrected chi connectivity index (χ1v) is 6.83. The van der Waals surface area contributed by atoms with Gasteiger partial charge in [-0.3, -0.25) is 4.79 Å². The molecule has 0 spiro atoms. The van der Waals surface area contributed by atoms with Gasteiger partial charge in [-0.1, -0.05) is 38.4 Å². The monoisotopic (exact) mass is 272 g/mol. The summed E-state index contributed by atoms with van der Waals surface area (Å²) in [5, 5.41) is 10.0. The molecular formula is C13H17ClO2S. The van der Waals surface area contributed by atoms with Crippen LogP contribution in [0.25, 0.3) is 0 Å². The number of carboxylic acids is 1. The van der Waals surface area contributed by atoms with Gasteiger partial charge in [0.1, 0.15) is 0 Å². The Labute approximate surface area is 111 Å². The van der Waals surface area contributed by atoms with Gasteiger partial charge in [-0.05, 0) is 24.1 Å². The third kappa shape index (κ3) is 4.60. The van der Waals surface area contributed by atoms with Crippen molar-refractivity contribution in [2.24, 2.45) is 5.92 Å². The number of carboxylic acid groups (broad SMARTS) is 1. The molecule has 0 aliphatic carbocycles. The number of halogens is 1. The first-order chi connectivity index (χ1) is 7.90. The topological polar surface area (TPSA) is 37.3 Å². The lowest BCUT2D eigenvalue weighted by Crippen LogP contribution is -2.12. The number of carbonyl (C=O) groups is 1. The molecule has 0 fully saturated rings. The van der Waals surface area contributed by atoms with Crippen LogP contribution in [0.2, 0.25) is 5.02 Å². The van der Waals surface area contributed by atoms with Crippen molar-refractivity contribution in [3.8, 4) is 0 Å². The molecule has 0 amide bonds. The third-order valence-electron chi connectivity index (χ3n) is 2.32. The Kier molecular flexibility index (Phi) is 5.34. The van der Waals surface area contributed by atoms with E-state index in [-0.39, 0.29) is 5.92 Å². The summed E-state index contributed by atoms with van der Waals surface area (Å²) in [4.78, 5) is 11.8. The van der Waals surface area contributed by atoms with Gasteiger partial charge < -0.3 is 5.11 Å². The minimum absolute atomic E-state index is 0.380. The quantitative estimate of drug-likeness (QED) is 0.820. The van der Waals surface area contributed by atoms with E-state index in [0.717, 1.165) is 10.5 Å². The maximum atomic E-state index is 10.8. The SMILES string of the molecule is CC(C)Sc1ccc(CC(C)C(=O)O)cc1Cl. The maximum absolute atomic E-state index is 10.8. The summed E-state index contributed by atoms with van der Waals surface area (Å²) in [6, 6.07) is 5.79. The van der Waals surface area contributed by atoms with Crippen molar-refractivity contribution in [1.82, 2.24) is 0 Å². The van der Waals surface area contributed by atoms with Crippen molar-refractivity contribution < 1.29 is 9.90 Å². The van der Waals surface area contributed by atoms with Crippen molar-refractivity contribution in [3.63, 3.8) is 0 Å².